The van der Waals surface area contributed by atoms with E-state index in [1.165, 1.54) is 30.3 Å². The number of hydrogen-bond acceptors (Lipinski definition) is 4. The summed E-state index contributed by atoms with van der Waals surface area (Å²) in [4.78, 5) is 18.9. The number of aromatic nitrogens is 2. The number of H-pyrrole nitrogens is 1. The largest absolute Gasteiger partial charge is 0.453 e. The van der Waals surface area contributed by atoms with Gasteiger partial charge in [-0.25, -0.2) is 9.37 Å². The van der Waals surface area contributed by atoms with E-state index in [2.05, 4.69) is 15.3 Å². The molecule has 4 N–H and O–H groups in total. The number of nitrogens with one attached hydrogen (secondary N) is 2. The molecule has 0 spiro atoms. The number of aryl methyl sites for hydroxylation is 1. The van der Waals surface area contributed by atoms with E-state index in [9.17, 15) is 9.18 Å². The summed E-state index contributed by atoms with van der Waals surface area (Å²) in [5.41, 5.74) is 6.25. The second kappa shape index (κ2) is 8.26. The van der Waals surface area contributed by atoms with Crippen LogP contribution in [0.25, 0.3) is 0 Å². The zero-order valence-electron chi connectivity index (χ0n) is 14.4. The number of rotatable bonds is 5. The number of carbonyl (C=O) groups excluding carboxylic acids is 1. The Balaban J connectivity index is 1.80. The van der Waals surface area contributed by atoms with E-state index < -0.39 is 11.7 Å². The maximum Gasteiger partial charge on any atom is 0.273 e. The minimum absolute atomic E-state index is 0.0272. The van der Waals surface area contributed by atoms with Crippen molar-refractivity contribution in [2.45, 2.75) is 13.5 Å². The molecule has 1 aromatic heterocycles. The molecule has 3 rings (SSSR count). The molecule has 1 amide bonds. The van der Waals surface area contributed by atoms with Gasteiger partial charge in [-0.1, -0.05) is 40.9 Å². The van der Waals surface area contributed by atoms with Crippen molar-refractivity contribution in [2.24, 2.45) is 0 Å². The molecular formula is C18H14Cl3FN4O2. The van der Waals surface area contributed by atoms with Gasteiger partial charge in [0.05, 0.1) is 5.02 Å². The smallest absolute Gasteiger partial charge is 0.273 e. The molecule has 0 saturated carbocycles. The summed E-state index contributed by atoms with van der Waals surface area (Å²) < 4.78 is 20.4. The molecule has 0 bridgehead atoms. The van der Waals surface area contributed by atoms with Crippen molar-refractivity contribution in [3.05, 3.63) is 68.4 Å². The first-order valence-electron chi connectivity index (χ1n) is 7.95. The highest BCUT2D eigenvalue weighted by Gasteiger charge is 2.18. The van der Waals surface area contributed by atoms with Crippen molar-refractivity contribution in [1.82, 2.24) is 15.3 Å². The molecule has 0 unspecified atom stereocenters. The number of anilines is 1. The highest BCUT2D eigenvalue weighted by atomic mass is 35.5. The Labute approximate surface area is 174 Å². The van der Waals surface area contributed by atoms with Crippen LogP contribution in [-0.2, 0) is 6.54 Å². The van der Waals surface area contributed by atoms with Crippen molar-refractivity contribution in [1.29, 1.82) is 0 Å². The average Bonchev–Trinajstić information content (AvgIpc) is 2.95. The fraction of sp³-hybridized carbons (Fsp3) is 0.111. The fourth-order valence-electron chi connectivity index (χ4n) is 2.44. The number of nitrogen functional groups attached to an aromatic ring is 1. The van der Waals surface area contributed by atoms with E-state index in [4.69, 9.17) is 45.3 Å². The lowest BCUT2D eigenvalue weighted by atomic mass is 10.2. The quantitative estimate of drug-likeness (QED) is 0.477. The number of halogens is 4. The lowest BCUT2D eigenvalue weighted by Crippen LogP contribution is -2.24. The van der Waals surface area contributed by atoms with E-state index in [-0.39, 0.29) is 39.5 Å². The zero-order chi connectivity index (χ0) is 20.4. The molecule has 146 valence electrons. The number of aromatic amines is 1. The number of imidazole rings is 1. The summed E-state index contributed by atoms with van der Waals surface area (Å²) in [6, 6.07) is 7.39. The molecule has 6 nitrogen and oxygen atoms in total. The van der Waals surface area contributed by atoms with Crippen LogP contribution in [0.2, 0.25) is 15.2 Å². The number of amides is 1. The first-order valence-corrected chi connectivity index (χ1v) is 9.09. The Hall–Kier alpha value is -2.48. The summed E-state index contributed by atoms with van der Waals surface area (Å²) in [5, 5.41) is 3.05. The summed E-state index contributed by atoms with van der Waals surface area (Å²) >= 11 is 17.9. The van der Waals surface area contributed by atoms with Gasteiger partial charge in [0.25, 0.3) is 5.91 Å². The van der Waals surface area contributed by atoms with Crippen LogP contribution in [0.5, 0.6) is 11.5 Å². The molecule has 10 heteroatoms. The first-order chi connectivity index (χ1) is 13.2. The molecule has 1 heterocycles. The number of ether oxygens (including phenoxy) is 1. The summed E-state index contributed by atoms with van der Waals surface area (Å²) in [6.45, 7) is 1.53. The van der Waals surface area contributed by atoms with Crippen LogP contribution >= 0.6 is 34.8 Å². The van der Waals surface area contributed by atoms with Crippen molar-refractivity contribution in [2.75, 3.05) is 5.73 Å². The number of hydrogen-bond donors (Lipinski definition) is 3. The van der Waals surface area contributed by atoms with Gasteiger partial charge in [-0.05, 0) is 25.1 Å². The molecule has 28 heavy (non-hydrogen) atoms. The Kier molecular flexibility index (Phi) is 5.98. The van der Waals surface area contributed by atoms with Crippen molar-refractivity contribution < 1.29 is 13.9 Å². The number of carbonyl (C=O) groups is 1. The Morgan fingerprint density at radius 2 is 2.04 bits per heavy atom. The van der Waals surface area contributed by atoms with E-state index >= 15 is 0 Å². The summed E-state index contributed by atoms with van der Waals surface area (Å²) in [7, 11) is 0. The van der Waals surface area contributed by atoms with E-state index in [0.29, 0.717) is 16.5 Å². The van der Waals surface area contributed by atoms with Gasteiger partial charge in [-0.15, -0.1) is 0 Å². The molecule has 0 aliphatic rings. The highest BCUT2D eigenvalue weighted by molar-refractivity contribution is 6.32. The van der Waals surface area contributed by atoms with Crippen LogP contribution in [0.1, 0.15) is 21.9 Å². The molecule has 0 fully saturated rings. The average molecular weight is 444 g/mol. The highest BCUT2D eigenvalue weighted by Crippen LogP contribution is 2.35. The van der Waals surface area contributed by atoms with E-state index in [1.54, 1.807) is 6.92 Å². The van der Waals surface area contributed by atoms with Gasteiger partial charge in [0.1, 0.15) is 16.7 Å². The second-order valence-electron chi connectivity index (χ2n) is 5.84. The van der Waals surface area contributed by atoms with Gasteiger partial charge >= 0.3 is 0 Å². The van der Waals surface area contributed by atoms with Crippen molar-refractivity contribution >= 4 is 46.4 Å². The van der Waals surface area contributed by atoms with Crippen LogP contribution in [0.3, 0.4) is 0 Å². The van der Waals surface area contributed by atoms with Gasteiger partial charge in [-0.2, -0.15) is 0 Å². The maximum atomic E-state index is 14.9. The lowest BCUT2D eigenvalue weighted by Gasteiger charge is -2.13. The van der Waals surface area contributed by atoms with Gasteiger partial charge in [-0.3, -0.25) is 4.79 Å². The lowest BCUT2D eigenvalue weighted by molar-refractivity contribution is 0.0946. The van der Waals surface area contributed by atoms with Crippen molar-refractivity contribution in [3.8, 4) is 11.5 Å². The summed E-state index contributed by atoms with van der Waals surface area (Å²) in [5.74, 6) is -0.761. The molecule has 0 atom stereocenters. The Morgan fingerprint density at radius 3 is 2.68 bits per heavy atom. The van der Waals surface area contributed by atoms with Gasteiger partial charge in [0.15, 0.2) is 17.3 Å². The normalized spacial score (nSPS) is 10.8. The molecule has 3 aromatic rings. The Bertz CT molecular complexity index is 1040. The fourth-order valence-corrected chi connectivity index (χ4v) is 3.12. The van der Waals surface area contributed by atoms with Crippen LogP contribution in [0.4, 0.5) is 10.1 Å². The minimum atomic E-state index is -0.726. The molecule has 0 radical (unpaired) electrons. The number of nitrogens with two attached hydrogens (primary N) is 1. The van der Waals surface area contributed by atoms with Crippen LogP contribution in [0.15, 0.2) is 30.3 Å². The molecule has 0 aliphatic heterocycles. The van der Waals surface area contributed by atoms with Crippen LogP contribution in [0, 0.1) is 12.7 Å². The van der Waals surface area contributed by atoms with Crippen molar-refractivity contribution in [3.63, 3.8) is 0 Å². The minimum Gasteiger partial charge on any atom is -0.453 e. The monoisotopic (exact) mass is 442 g/mol. The van der Waals surface area contributed by atoms with Gasteiger partial charge in [0, 0.05) is 28.9 Å². The summed E-state index contributed by atoms with van der Waals surface area (Å²) in [6.07, 6.45) is 0. The standard InChI is InChI=1S/C18H14Cl3FN4O2/c1-8-25-15(17(21)26-8)18(27)24-7-9-2-3-13(20)16(14(9)22)28-12-5-10(19)4-11(23)6-12/h2-6H,7,23H2,1H3,(H,24,27)(H,25,26). The third-order valence-corrected chi connectivity index (χ3v) is 4.46. The molecule has 2 aromatic carbocycles. The number of benzene rings is 2. The predicted molar refractivity (Wildman–Crippen MR) is 107 cm³/mol. The molecular weight excluding hydrogens is 430 g/mol. The van der Waals surface area contributed by atoms with Crippen LogP contribution < -0.4 is 15.8 Å². The zero-order valence-corrected chi connectivity index (χ0v) is 16.7. The molecule has 0 saturated heterocycles. The van der Waals surface area contributed by atoms with E-state index in [1.807, 2.05) is 0 Å². The SMILES string of the molecule is Cc1nc(C(=O)NCc2ccc(Cl)c(Oc3cc(N)cc(Cl)c3)c2F)c(Cl)[nH]1. The maximum absolute atomic E-state index is 14.9. The first kappa shape index (κ1) is 20.3. The van der Waals surface area contributed by atoms with E-state index in [0.717, 1.165) is 0 Å². The molecule has 0 aliphatic carbocycles. The third kappa shape index (κ3) is 4.49. The topological polar surface area (TPSA) is 93.0 Å². The Morgan fingerprint density at radius 1 is 1.29 bits per heavy atom. The second-order valence-corrected chi connectivity index (χ2v) is 7.06. The van der Waals surface area contributed by atoms with Crippen LogP contribution in [-0.4, -0.2) is 15.9 Å². The van der Waals surface area contributed by atoms with Gasteiger partial charge in [0.2, 0.25) is 0 Å². The third-order valence-electron chi connectivity index (χ3n) is 3.68. The predicted octanol–water partition coefficient (Wildman–Crippen LogP) is 5.12. The number of nitrogens with zero attached hydrogens (tertiary/aromatic N) is 1. The van der Waals surface area contributed by atoms with Gasteiger partial charge < -0.3 is 20.8 Å².